The van der Waals surface area contributed by atoms with E-state index in [9.17, 15) is 4.79 Å². The van der Waals surface area contributed by atoms with Gasteiger partial charge in [-0.3, -0.25) is 5.32 Å². The molecular formula is C12H15NO2. The minimum atomic E-state index is -0.464. The van der Waals surface area contributed by atoms with Gasteiger partial charge in [-0.2, -0.15) is 0 Å². The van der Waals surface area contributed by atoms with Gasteiger partial charge in [0.25, 0.3) is 0 Å². The van der Waals surface area contributed by atoms with Crippen LogP contribution in [-0.2, 0) is 16.1 Å². The molecular weight excluding hydrogens is 190 g/mol. The Labute approximate surface area is 89.4 Å². The highest BCUT2D eigenvalue weighted by Gasteiger charge is 2.54. The predicted octanol–water partition coefficient (Wildman–Crippen LogP) is 1.48. The molecule has 1 fully saturated rings. The third-order valence-corrected chi connectivity index (χ3v) is 2.94. The Morgan fingerprint density at radius 2 is 2.07 bits per heavy atom. The van der Waals surface area contributed by atoms with Crippen LogP contribution in [-0.4, -0.2) is 17.6 Å². The van der Waals surface area contributed by atoms with Crippen LogP contribution in [0.15, 0.2) is 30.3 Å². The van der Waals surface area contributed by atoms with Gasteiger partial charge in [0.2, 0.25) is 0 Å². The maximum Gasteiger partial charge on any atom is 0.328 e. The monoisotopic (exact) mass is 205 g/mol. The van der Waals surface area contributed by atoms with Crippen molar-refractivity contribution in [3.63, 3.8) is 0 Å². The molecule has 3 nitrogen and oxygen atoms in total. The Kier molecular flexibility index (Phi) is 2.49. The summed E-state index contributed by atoms with van der Waals surface area (Å²) in [5, 5.41) is 3.07. The quantitative estimate of drug-likeness (QED) is 0.600. The first-order valence-electron chi connectivity index (χ1n) is 5.12. The molecule has 2 atom stereocenters. The van der Waals surface area contributed by atoms with Crippen molar-refractivity contribution in [3.8, 4) is 0 Å². The summed E-state index contributed by atoms with van der Waals surface area (Å²) in [5.74, 6) is -0.168. The molecule has 1 saturated heterocycles. The van der Waals surface area contributed by atoms with E-state index in [2.05, 4.69) is 5.32 Å². The summed E-state index contributed by atoms with van der Waals surface area (Å²) in [5.41, 5.74) is 0.553. The Balaban J connectivity index is 1.87. The molecule has 1 aromatic rings. The molecule has 15 heavy (non-hydrogen) atoms. The lowest BCUT2D eigenvalue weighted by atomic mass is 10.1. The summed E-state index contributed by atoms with van der Waals surface area (Å²) >= 11 is 0. The van der Waals surface area contributed by atoms with Gasteiger partial charge in [-0.05, 0) is 19.4 Å². The lowest BCUT2D eigenvalue weighted by Gasteiger charge is -2.08. The van der Waals surface area contributed by atoms with E-state index in [-0.39, 0.29) is 12.0 Å². The predicted molar refractivity (Wildman–Crippen MR) is 57.2 cm³/mol. The van der Waals surface area contributed by atoms with Gasteiger partial charge in [-0.25, -0.2) is 4.79 Å². The van der Waals surface area contributed by atoms with Crippen molar-refractivity contribution in [2.24, 2.45) is 0 Å². The van der Waals surface area contributed by atoms with Crippen molar-refractivity contribution in [2.45, 2.75) is 32.0 Å². The molecule has 3 heteroatoms. The molecule has 0 unspecified atom stereocenters. The van der Waals surface area contributed by atoms with Gasteiger partial charge in [0.1, 0.15) is 12.1 Å². The molecule has 0 spiro atoms. The van der Waals surface area contributed by atoms with E-state index in [4.69, 9.17) is 4.74 Å². The van der Waals surface area contributed by atoms with E-state index in [0.29, 0.717) is 6.61 Å². The first kappa shape index (κ1) is 10.2. The Bertz CT molecular complexity index is 363. The summed E-state index contributed by atoms with van der Waals surface area (Å²) in [6, 6.07) is 9.92. The van der Waals surface area contributed by atoms with Crippen molar-refractivity contribution >= 4 is 5.97 Å². The normalized spacial score (nSPS) is 28.5. The third kappa shape index (κ3) is 2.02. The van der Waals surface area contributed by atoms with Gasteiger partial charge in [-0.15, -0.1) is 0 Å². The molecule has 0 aliphatic carbocycles. The number of carbonyl (C=O) groups is 1. The van der Waals surface area contributed by atoms with Crippen LogP contribution in [0.3, 0.4) is 0 Å². The fourth-order valence-electron chi connectivity index (χ4n) is 1.52. The second kappa shape index (κ2) is 3.66. The molecule has 0 amide bonds. The van der Waals surface area contributed by atoms with Crippen molar-refractivity contribution in [2.75, 3.05) is 0 Å². The van der Waals surface area contributed by atoms with Crippen LogP contribution in [0.5, 0.6) is 0 Å². The van der Waals surface area contributed by atoms with Crippen LogP contribution in [0.2, 0.25) is 0 Å². The molecule has 1 aliphatic rings. The van der Waals surface area contributed by atoms with E-state index >= 15 is 0 Å². The molecule has 0 aromatic heterocycles. The molecule has 0 saturated carbocycles. The Morgan fingerprint density at radius 1 is 1.47 bits per heavy atom. The zero-order chi connectivity index (χ0) is 10.9. The number of ether oxygens (including phenoxy) is 1. The number of nitrogens with one attached hydrogen (secondary N) is 1. The molecule has 0 bridgehead atoms. The number of benzene rings is 1. The van der Waals surface area contributed by atoms with Gasteiger partial charge < -0.3 is 4.74 Å². The number of hydrogen-bond donors (Lipinski definition) is 1. The summed E-state index contributed by atoms with van der Waals surface area (Å²) in [7, 11) is 0. The van der Waals surface area contributed by atoms with Crippen molar-refractivity contribution < 1.29 is 9.53 Å². The van der Waals surface area contributed by atoms with E-state index in [1.54, 1.807) is 0 Å². The Hall–Kier alpha value is -1.35. The van der Waals surface area contributed by atoms with Crippen LogP contribution in [0, 0.1) is 0 Å². The van der Waals surface area contributed by atoms with Crippen molar-refractivity contribution in [3.05, 3.63) is 35.9 Å². The molecule has 0 radical (unpaired) electrons. The lowest BCUT2D eigenvalue weighted by Crippen LogP contribution is -2.27. The zero-order valence-electron chi connectivity index (χ0n) is 8.99. The van der Waals surface area contributed by atoms with Crippen LogP contribution in [0.1, 0.15) is 19.4 Å². The molecule has 1 N–H and O–H groups in total. The summed E-state index contributed by atoms with van der Waals surface area (Å²) < 4.78 is 5.22. The first-order chi connectivity index (χ1) is 7.13. The summed E-state index contributed by atoms with van der Waals surface area (Å²) in [6.45, 7) is 4.19. The fraction of sp³-hybridized carbons (Fsp3) is 0.417. The second-order valence-electron chi connectivity index (χ2n) is 4.13. The summed E-state index contributed by atoms with van der Waals surface area (Å²) in [6.07, 6.45) is 0. The average molecular weight is 205 g/mol. The van der Waals surface area contributed by atoms with Gasteiger partial charge in [0.05, 0.1) is 0 Å². The molecule has 1 aromatic carbocycles. The lowest BCUT2D eigenvalue weighted by molar-refractivity contribution is -0.147. The highest BCUT2D eigenvalue weighted by Crippen LogP contribution is 2.26. The second-order valence-corrected chi connectivity index (χ2v) is 4.13. The van der Waals surface area contributed by atoms with E-state index in [1.807, 2.05) is 44.2 Å². The molecule has 80 valence electrons. The SMILES string of the molecule is C[C@H]1N[C@]1(C)C(=O)OCc1ccccc1. The number of esters is 1. The van der Waals surface area contributed by atoms with Crippen LogP contribution in [0.25, 0.3) is 0 Å². The van der Waals surface area contributed by atoms with Gasteiger partial charge >= 0.3 is 5.97 Å². The van der Waals surface area contributed by atoms with Crippen LogP contribution < -0.4 is 5.32 Å². The highest BCUT2D eigenvalue weighted by atomic mass is 16.5. The third-order valence-electron chi connectivity index (χ3n) is 2.94. The van der Waals surface area contributed by atoms with Crippen LogP contribution in [0.4, 0.5) is 0 Å². The molecule has 2 rings (SSSR count). The van der Waals surface area contributed by atoms with Crippen molar-refractivity contribution in [1.82, 2.24) is 5.32 Å². The summed E-state index contributed by atoms with van der Waals surface area (Å²) in [4.78, 5) is 11.6. The largest absolute Gasteiger partial charge is 0.459 e. The minimum absolute atomic E-state index is 0.168. The van der Waals surface area contributed by atoms with Gasteiger partial charge in [-0.1, -0.05) is 30.3 Å². The molecule has 1 aliphatic heterocycles. The van der Waals surface area contributed by atoms with E-state index < -0.39 is 5.54 Å². The fourth-order valence-corrected chi connectivity index (χ4v) is 1.52. The first-order valence-corrected chi connectivity index (χ1v) is 5.12. The minimum Gasteiger partial charge on any atom is -0.459 e. The number of rotatable bonds is 3. The maximum absolute atomic E-state index is 11.6. The van der Waals surface area contributed by atoms with E-state index in [0.717, 1.165) is 5.56 Å². The van der Waals surface area contributed by atoms with Crippen LogP contribution >= 0.6 is 0 Å². The number of hydrogen-bond acceptors (Lipinski definition) is 3. The zero-order valence-corrected chi connectivity index (χ0v) is 8.99. The average Bonchev–Trinajstić information content (AvgIpc) is 2.86. The number of carbonyl (C=O) groups excluding carboxylic acids is 1. The Morgan fingerprint density at radius 3 is 2.60 bits per heavy atom. The maximum atomic E-state index is 11.6. The highest BCUT2D eigenvalue weighted by molar-refractivity contribution is 5.85. The smallest absolute Gasteiger partial charge is 0.328 e. The topological polar surface area (TPSA) is 48.2 Å². The van der Waals surface area contributed by atoms with Gasteiger partial charge in [0.15, 0.2) is 0 Å². The standard InChI is InChI=1S/C12H15NO2/c1-9-12(2,13-9)11(14)15-8-10-6-4-3-5-7-10/h3-7,9,13H,8H2,1-2H3/t9-,12+/m1/s1. The van der Waals surface area contributed by atoms with E-state index in [1.165, 1.54) is 0 Å². The van der Waals surface area contributed by atoms with Crippen molar-refractivity contribution in [1.29, 1.82) is 0 Å². The molecule has 1 heterocycles. The van der Waals surface area contributed by atoms with Gasteiger partial charge in [0, 0.05) is 6.04 Å².